The maximum atomic E-state index is 13.7. The Bertz CT molecular complexity index is 1380. The van der Waals surface area contributed by atoms with Gasteiger partial charge in [0.1, 0.15) is 24.0 Å². The number of nitrogens with one attached hydrogen (secondary N) is 1. The van der Waals surface area contributed by atoms with Crippen molar-refractivity contribution in [3.05, 3.63) is 35.7 Å². The molecule has 13 heteroatoms. The molecule has 1 aromatic carbocycles. The van der Waals surface area contributed by atoms with Crippen LogP contribution in [0.5, 0.6) is 11.6 Å². The van der Waals surface area contributed by atoms with E-state index >= 15 is 0 Å². The Morgan fingerprint density at radius 1 is 1.26 bits per heavy atom. The monoisotopic (exact) mass is 532 g/mol. The number of hydrogen-bond donors (Lipinski definition) is 3. The van der Waals surface area contributed by atoms with Crippen molar-refractivity contribution in [2.24, 2.45) is 18.2 Å². The van der Waals surface area contributed by atoms with Crippen molar-refractivity contribution in [3.63, 3.8) is 0 Å². The number of primary amides is 1. The van der Waals surface area contributed by atoms with Gasteiger partial charge in [-0.25, -0.2) is 4.68 Å². The van der Waals surface area contributed by atoms with Crippen molar-refractivity contribution >= 4 is 22.7 Å². The fraction of sp³-hybridized carbons (Fsp3) is 0.520. The number of carbonyl (C=O) groups excluding carboxylic acids is 2. The molecule has 4 N–H and O–H groups in total. The predicted molar refractivity (Wildman–Crippen MR) is 131 cm³/mol. The third-order valence-corrected chi connectivity index (χ3v) is 7.02. The van der Waals surface area contributed by atoms with E-state index in [4.69, 9.17) is 15.2 Å². The molecular formula is C25H30F2N6O5. The summed E-state index contributed by atoms with van der Waals surface area (Å²) in [5, 5.41) is 21.1. The molecule has 204 valence electrons. The molecule has 1 spiro atoms. The van der Waals surface area contributed by atoms with Crippen LogP contribution in [0.15, 0.2) is 24.4 Å². The van der Waals surface area contributed by atoms with Crippen LogP contribution < -0.4 is 20.5 Å². The molecule has 0 radical (unpaired) electrons. The lowest BCUT2D eigenvalue weighted by molar-refractivity contribution is -0.0849. The number of hydrogen-bond acceptors (Lipinski definition) is 7. The van der Waals surface area contributed by atoms with Gasteiger partial charge in [0.15, 0.2) is 5.69 Å². The molecule has 0 saturated heterocycles. The Morgan fingerprint density at radius 3 is 2.61 bits per heavy atom. The smallest absolute Gasteiger partial charge is 0.333 e. The van der Waals surface area contributed by atoms with Gasteiger partial charge in [-0.2, -0.15) is 13.9 Å². The summed E-state index contributed by atoms with van der Waals surface area (Å²) in [5.74, 6) is -0.622. The van der Waals surface area contributed by atoms with Crippen LogP contribution in [-0.4, -0.2) is 60.8 Å². The number of ether oxygens (including phenoxy) is 2. The Balaban J connectivity index is 1.20. The maximum absolute atomic E-state index is 13.7. The minimum atomic E-state index is -2.95. The van der Waals surface area contributed by atoms with Gasteiger partial charge >= 0.3 is 6.55 Å². The van der Waals surface area contributed by atoms with E-state index in [0.717, 1.165) is 25.7 Å². The lowest BCUT2D eigenvalue weighted by Crippen LogP contribution is -2.58. The van der Waals surface area contributed by atoms with Gasteiger partial charge in [0.25, 0.3) is 11.8 Å². The molecule has 0 unspecified atom stereocenters. The van der Waals surface area contributed by atoms with Gasteiger partial charge in [-0.05, 0) is 57.1 Å². The summed E-state index contributed by atoms with van der Waals surface area (Å²) in [7, 11) is 1.68. The molecule has 0 atom stereocenters. The average Bonchev–Trinajstić information content (AvgIpc) is 3.34. The molecule has 5 rings (SSSR count). The molecule has 11 nitrogen and oxygen atoms in total. The lowest BCUT2D eigenvalue weighted by Gasteiger charge is -2.57. The van der Waals surface area contributed by atoms with E-state index in [2.05, 4.69) is 15.5 Å². The molecule has 2 fully saturated rings. The molecule has 38 heavy (non-hydrogen) atoms. The van der Waals surface area contributed by atoms with Crippen LogP contribution in [0.25, 0.3) is 10.9 Å². The summed E-state index contributed by atoms with van der Waals surface area (Å²) in [6, 6.07) is 4.35. The van der Waals surface area contributed by atoms with E-state index in [1.54, 1.807) is 27.0 Å². The van der Waals surface area contributed by atoms with Crippen LogP contribution in [0.3, 0.4) is 0 Å². The van der Waals surface area contributed by atoms with Crippen molar-refractivity contribution < 1.29 is 33.0 Å². The summed E-state index contributed by atoms with van der Waals surface area (Å²) in [6.45, 7) is 0.160. The highest BCUT2D eigenvalue weighted by atomic mass is 19.3. The van der Waals surface area contributed by atoms with Crippen LogP contribution in [0.2, 0.25) is 0 Å². The normalized spacial score (nSPS) is 22.8. The van der Waals surface area contributed by atoms with Crippen molar-refractivity contribution in [1.82, 2.24) is 24.9 Å². The highest BCUT2D eigenvalue weighted by molar-refractivity contribution is 6.05. The third-order valence-electron chi connectivity index (χ3n) is 7.02. The van der Waals surface area contributed by atoms with Crippen molar-refractivity contribution in [2.75, 3.05) is 6.61 Å². The topological polar surface area (TPSA) is 147 Å². The number of rotatable bonds is 9. The number of nitrogens with two attached hydrogens (primary N) is 1. The Kier molecular flexibility index (Phi) is 6.28. The van der Waals surface area contributed by atoms with Gasteiger partial charge in [-0.15, -0.1) is 5.10 Å². The summed E-state index contributed by atoms with van der Waals surface area (Å²) in [5.41, 5.74) is 4.52. The standard InChI is InChI=1S/C25H30F2N6O5/c1-24(2,36)12-37-14-4-5-16-18(6-14)33(23(26)27)30-19(16)21(35)29-13-7-25(8-13)9-15(10-25)38-22-17(20(28)34)11-32(3)31-22/h4-6,11,13,15,23,36H,7-10,12H2,1-3H3,(H2,28,34)(H,29,35)/t13-,15-,25?. The number of aliphatic hydroxyl groups is 1. The first kappa shape index (κ1) is 25.9. The van der Waals surface area contributed by atoms with Crippen molar-refractivity contribution in [2.45, 2.75) is 63.8 Å². The van der Waals surface area contributed by atoms with E-state index in [9.17, 15) is 23.5 Å². The number of aryl methyl sites for hydroxylation is 1. The third kappa shape index (κ3) is 5.02. The van der Waals surface area contributed by atoms with E-state index in [-0.39, 0.29) is 58.0 Å². The Labute approximate surface area is 216 Å². The van der Waals surface area contributed by atoms with Gasteiger partial charge in [0.05, 0.1) is 11.1 Å². The zero-order valence-corrected chi connectivity index (χ0v) is 21.3. The van der Waals surface area contributed by atoms with E-state index < -0.39 is 24.0 Å². The second kappa shape index (κ2) is 9.22. The molecule has 2 aromatic heterocycles. The minimum absolute atomic E-state index is 0.0292. The first-order valence-corrected chi connectivity index (χ1v) is 12.3. The van der Waals surface area contributed by atoms with E-state index in [1.165, 1.54) is 23.0 Å². The van der Waals surface area contributed by atoms with Gasteiger partial charge < -0.3 is 25.6 Å². The van der Waals surface area contributed by atoms with Crippen LogP contribution in [0.4, 0.5) is 8.78 Å². The fourth-order valence-electron chi connectivity index (χ4n) is 5.33. The number of aromatic nitrogens is 4. The molecule has 0 bridgehead atoms. The number of alkyl halides is 2. The highest BCUT2D eigenvalue weighted by Gasteiger charge is 2.54. The van der Waals surface area contributed by atoms with Gasteiger partial charge in [0.2, 0.25) is 5.88 Å². The summed E-state index contributed by atoms with van der Waals surface area (Å²) < 4.78 is 40.7. The number of fused-ring (bicyclic) bond motifs is 1. The predicted octanol–water partition coefficient (Wildman–Crippen LogP) is 2.53. The number of carbonyl (C=O) groups is 2. The zero-order valence-electron chi connectivity index (χ0n) is 21.3. The van der Waals surface area contributed by atoms with Gasteiger partial charge in [0, 0.05) is 30.7 Å². The lowest BCUT2D eigenvalue weighted by atomic mass is 9.53. The molecule has 2 aliphatic carbocycles. The minimum Gasteiger partial charge on any atom is -0.491 e. The first-order valence-electron chi connectivity index (χ1n) is 12.3. The summed E-state index contributed by atoms with van der Waals surface area (Å²) >= 11 is 0. The second-order valence-electron chi connectivity index (χ2n) is 11.0. The van der Waals surface area contributed by atoms with Gasteiger partial charge in [-0.3, -0.25) is 14.3 Å². The Morgan fingerprint density at radius 2 is 1.97 bits per heavy atom. The number of halogens is 2. The van der Waals surface area contributed by atoms with Crippen LogP contribution in [-0.2, 0) is 7.05 Å². The summed E-state index contributed by atoms with van der Waals surface area (Å²) in [6.07, 6.45) is 4.38. The van der Waals surface area contributed by atoms with Crippen LogP contribution in [0.1, 0.15) is 66.9 Å². The van der Waals surface area contributed by atoms with Gasteiger partial charge in [-0.1, -0.05) is 0 Å². The zero-order chi connectivity index (χ0) is 27.4. The molecule has 2 heterocycles. The van der Waals surface area contributed by atoms with Crippen LogP contribution in [0, 0.1) is 5.41 Å². The number of amides is 2. The molecule has 0 aliphatic heterocycles. The van der Waals surface area contributed by atoms with Crippen LogP contribution >= 0.6 is 0 Å². The molecule has 2 amide bonds. The average molecular weight is 533 g/mol. The number of nitrogens with zero attached hydrogens (tertiary/aromatic N) is 4. The quantitative estimate of drug-likeness (QED) is 0.384. The summed E-state index contributed by atoms with van der Waals surface area (Å²) in [4.78, 5) is 24.6. The molecule has 2 aliphatic rings. The van der Waals surface area contributed by atoms with Crippen molar-refractivity contribution in [1.29, 1.82) is 0 Å². The molecular weight excluding hydrogens is 502 g/mol. The maximum Gasteiger partial charge on any atom is 0.333 e. The second-order valence-corrected chi connectivity index (χ2v) is 11.0. The highest BCUT2D eigenvalue weighted by Crippen LogP contribution is 2.56. The van der Waals surface area contributed by atoms with E-state index in [1.807, 2.05) is 0 Å². The first-order chi connectivity index (χ1) is 17.8. The van der Waals surface area contributed by atoms with Crippen molar-refractivity contribution in [3.8, 4) is 11.6 Å². The Hall–Kier alpha value is -3.74. The molecule has 2 saturated carbocycles. The largest absolute Gasteiger partial charge is 0.491 e. The SMILES string of the molecule is Cn1cc(C(N)=O)c(O[C@H]2CC3(C[C@H](NC(=O)c4nn(C(F)F)c5cc(OCC(C)(C)O)ccc45)C3)C2)n1. The number of benzene rings is 1. The fourth-order valence-corrected chi connectivity index (χ4v) is 5.33. The molecule has 3 aromatic rings. The van der Waals surface area contributed by atoms with E-state index in [0.29, 0.717) is 4.68 Å².